The van der Waals surface area contributed by atoms with Crippen LogP contribution in [0.4, 0.5) is 0 Å². The SMILES string of the molecule is CC.CN(CCc1ccc(C=O)cc1)C(/C=C(\N)Cl)=C(N)N. The van der Waals surface area contributed by atoms with Crippen LogP contribution in [0.3, 0.4) is 0 Å². The van der Waals surface area contributed by atoms with E-state index in [-0.39, 0.29) is 11.0 Å². The Morgan fingerprint density at radius 1 is 1.18 bits per heavy atom. The fourth-order valence-electron chi connectivity index (χ4n) is 1.72. The van der Waals surface area contributed by atoms with Crippen molar-refractivity contribution < 1.29 is 4.79 Å². The summed E-state index contributed by atoms with van der Waals surface area (Å²) >= 11 is 5.65. The Balaban J connectivity index is 0.00000211. The summed E-state index contributed by atoms with van der Waals surface area (Å²) in [5.41, 5.74) is 19.0. The summed E-state index contributed by atoms with van der Waals surface area (Å²) in [5, 5.41) is 0.121. The minimum atomic E-state index is 0.121. The molecular weight excluding hydrogens is 300 g/mol. The number of rotatable bonds is 6. The Kier molecular flexibility index (Phi) is 9.54. The van der Waals surface area contributed by atoms with E-state index in [0.29, 0.717) is 17.8 Å². The molecule has 0 bridgehead atoms. The van der Waals surface area contributed by atoms with Crippen molar-refractivity contribution in [1.29, 1.82) is 0 Å². The molecule has 1 aromatic carbocycles. The van der Waals surface area contributed by atoms with Gasteiger partial charge in [-0.2, -0.15) is 0 Å². The number of carbonyl (C=O) groups excluding carboxylic acids is 1. The normalized spacial score (nSPS) is 10.3. The van der Waals surface area contributed by atoms with E-state index in [1.54, 1.807) is 12.1 Å². The van der Waals surface area contributed by atoms with Crippen molar-refractivity contribution in [3.05, 3.63) is 58.1 Å². The Morgan fingerprint density at radius 3 is 2.14 bits per heavy atom. The molecule has 0 atom stereocenters. The average molecular weight is 325 g/mol. The van der Waals surface area contributed by atoms with Crippen LogP contribution in [0.1, 0.15) is 29.8 Å². The van der Waals surface area contributed by atoms with Gasteiger partial charge >= 0.3 is 0 Å². The highest BCUT2D eigenvalue weighted by Gasteiger charge is 2.06. The first-order chi connectivity index (χ1) is 10.4. The van der Waals surface area contributed by atoms with Crippen molar-refractivity contribution in [2.75, 3.05) is 13.6 Å². The standard InChI is InChI=1S/C14H19ClN4O.C2H6/c1-19(12(14(17)18)8-13(15)16)7-6-10-2-4-11(9-20)5-3-10;1-2/h2-5,8-9H,6-7,16-18H2,1H3;1-2H3/b13-8-;. The Bertz CT molecular complexity index is 515. The Hall–Kier alpha value is -2.14. The lowest BCUT2D eigenvalue weighted by Crippen LogP contribution is -2.26. The summed E-state index contributed by atoms with van der Waals surface area (Å²) < 4.78 is 0. The van der Waals surface area contributed by atoms with Crippen molar-refractivity contribution in [3.8, 4) is 0 Å². The number of nitrogens with two attached hydrogens (primary N) is 3. The summed E-state index contributed by atoms with van der Waals surface area (Å²) in [6, 6.07) is 7.40. The third kappa shape index (κ3) is 7.04. The number of hydrogen-bond acceptors (Lipinski definition) is 5. The number of benzene rings is 1. The van der Waals surface area contributed by atoms with Gasteiger partial charge in [-0.15, -0.1) is 0 Å². The maximum Gasteiger partial charge on any atom is 0.150 e. The fourth-order valence-corrected chi connectivity index (χ4v) is 1.83. The quantitative estimate of drug-likeness (QED) is 0.423. The highest BCUT2D eigenvalue weighted by molar-refractivity contribution is 6.29. The first kappa shape index (κ1) is 19.9. The molecule has 1 aromatic rings. The molecule has 0 aliphatic rings. The molecule has 6 heteroatoms. The lowest BCUT2D eigenvalue weighted by Gasteiger charge is -2.21. The minimum absolute atomic E-state index is 0.121. The lowest BCUT2D eigenvalue weighted by atomic mass is 10.1. The number of hydrogen-bond donors (Lipinski definition) is 3. The Morgan fingerprint density at radius 2 is 1.73 bits per heavy atom. The number of aldehydes is 1. The molecule has 0 aromatic heterocycles. The Labute approximate surface area is 137 Å². The number of likely N-dealkylation sites (N-methyl/N-ethyl adjacent to an activating group) is 1. The highest BCUT2D eigenvalue weighted by Crippen LogP contribution is 2.10. The zero-order valence-corrected chi connectivity index (χ0v) is 14.1. The van der Waals surface area contributed by atoms with Crippen LogP contribution in [-0.4, -0.2) is 24.8 Å². The third-order valence-electron chi connectivity index (χ3n) is 2.83. The predicted molar refractivity (Wildman–Crippen MR) is 93.0 cm³/mol. The molecule has 0 radical (unpaired) electrons. The molecule has 122 valence electrons. The van der Waals surface area contributed by atoms with Gasteiger partial charge in [-0.1, -0.05) is 49.7 Å². The number of halogens is 1. The molecule has 22 heavy (non-hydrogen) atoms. The van der Waals surface area contributed by atoms with Gasteiger partial charge in [0.15, 0.2) is 0 Å². The van der Waals surface area contributed by atoms with E-state index in [9.17, 15) is 4.79 Å². The van der Waals surface area contributed by atoms with E-state index in [0.717, 1.165) is 18.3 Å². The van der Waals surface area contributed by atoms with E-state index in [2.05, 4.69) is 0 Å². The zero-order chi connectivity index (χ0) is 17.1. The molecule has 0 saturated carbocycles. The monoisotopic (exact) mass is 324 g/mol. The summed E-state index contributed by atoms with van der Waals surface area (Å²) in [7, 11) is 1.85. The van der Waals surface area contributed by atoms with E-state index < -0.39 is 0 Å². The van der Waals surface area contributed by atoms with E-state index in [1.807, 2.05) is 37.9 Å². The molecule has 6 N–H and O–H groups in total. The first-order valence-electron chi connectivity index (χ1n) is 7.07. The van der Waals surface area contributed by atoms with Crippen LogP contribution in [0.2, 0.25) is 0 Å². The third-order valence-corrected chi connectivity index (χ3v) is 2.94. The predicted octanol–water partition coefficient (Wildman–Crippen LogP) is 2.12. The zero-order valence-electron chi connectivity index (χ0n) is 13.3. The second-order valence-corrected chi connectivity index (χ2v) is 4.84. The van der Waals surface area contributed by atoms with Crippen LogP contribution in [0.25, 0.3) is 0 Å². The summed E-state index contributed by atoms with van der Waals surface area (Å²) in [6.45, 7) is 4.69. The van der Waals surface area contributed by atoms with Crippen molar-refractivity contribution in [2.24, 2.45) is 17.2 Å². The summed E-state index contributed by atoms with van der Waals surface area (Å²) in [4.78, 5) is 12.5. The van der Waals surface area contributed by atoms with Gasteiger partial charge in [0.25, 0.3) is 0 Å². The molecule has 0 amide bonds. The van der Waals surface area contributed by atoms with Crippen molar-refractivity contribution in [2.45, 2.75) is 20.3 Å². The summed E-state index contributed by atoms with van der Waals surface area (Å²) in [6.07, 6.45) is 3.12. The molecule has 0 aliphatic carbocycles. The van der Waals surface area contributed by atoms with Gasteiger partial charge in [0, 0.05) is 19.2 Å². The van der Waals surface area contributed by atoms with Gasteiger partial charge < -0.3 is 22.1 Å². The molecular formula is C16H25ClN4O. The van der Waals surface area contributed by atoms with Crippen LogP contribution >= 0.6 is 11.6 Å². The van der Waals surface area contributed by atoms with Crippen molar-refractivity contribution in [3.63, 3.8) is 0 Å². The van der Waals surface area contributed by atoms with Gasteiger partial charge in [-0.05, 0) is 18.1 Å². The van der Waals surface area contributed by atoms with E-state index in [4.69, 9.17) is 28.8 Å². The van der Waals surface area contributed by atoms with E-state index >= 15 is 0 Å². The largest absolute Gasteiger partial charge is 0.389 e. The second kappa shape index (κ2) is 10.6. The molecule has 0 saturated heterocycles. The lowest BCUT2D eigenvalue weighted by molar-refractivity contribution is 0.112. The fraction of sp³-hybridized carbons (Fsp3) is 0.312. The van der Waals surface area contributed by atoms with Crippen LogP contribution < -0.4 is 17.2 Å². The summed E-state index contributed by atoms with van der Waals surface area (Å²) in [5.74, 6) is 0.160. The van der Waals surface area contributed by atoms with Crippen molar-refractivity contribution in [1.82, 2.24) is 4.90 Å². The molecule has 0 unspecified atom stereocenters. The minimum Gasteiger partial charge on any atom is -0.389 e. The molecule has 0 fully saturated rings. The van der Waals surface area contributed by atoms with Gasteiger partial charge in [0.05, 0.1) is 5.70 Å². The average Bonchev–Trinajstić information content (AvgIpc) is 2.52. The molecule has 0 spiro atoms. The molecule has 5 nitrogen and oxygen atoms in total. The van der Waals surface area contributed by atoms with Crippen LogP contribution in [-0.2, 0) is 6.42 Å². The van der Waals surface area contributed by atoms with Crippen molar-refractivity contribution >= 4 is 17.9 Å². The van der Waals surface area contributed by atoms with Gasteiger partial charge in [0.2, 0.25) is 0 Å². The van der Waals surface area contributed by atoms with Gasteiger partial charge in [-0.25, -0.2) is 0 Å². The number of carbonyl (C=O) groups is 1. The maximum absolute atomic E-state index is 10.6. The van der Waals surface area contributed by atoms with E-state index in [1.165, 1.54) is 6.08 Å². The van der Waals surface area contributed by atoms with Gasteiger partial charge in [-0.3, -0.25) is 4.79 Å². The maximum atomic E-state index is 10.6. The molecule has 0 aliphatic heterocycles. The first-order valence-corrected chi connectivity index (χ1v) is 7.45. The van der Waals surface area contributed by atoms with Gasteiger partial charge in [0.1, 0.15) is 17.3 Å². The van der Waals surface area contributed by atoms with Crippen LogP contribution in [0.15, 0.2) is 47.0 Å². The number of nitrogens with zero attached hydrogens (tertiary/aromatic N) is 1. The smallest absolute Gasteiger partial charge is 0.150 e. The van der Waals surface area contributed by atoms with Crippen LogP contribution in [0.5, 0.6) is 0 Å². The topological polar surface area (TPSA) is 98.4 Å². The highest BCUT2D eigenvalue weighted by atomic mass is 35.5. The van der Waals surface area contributed by atoms with Crippen LogP contribution in [0, 0.1) is 0 Å². The molecule has 0 heterocycles. The molecule has 1 rings (SSSR count). The second-order valence-electron chi connectivity index (χ2n) is 4.40. The number of allylic oxidation sites excluding steroid dienone is 1.